The maximum Gasteiger partial charge on any atom is 0.340 e. The summed E-state index contributed by atoms with van der Waals surface area (Å²) in [6.45, 7) is 2.02. The molecule has 0 N–H and O–H groups in total. The number of allylic oxidation sites excluding steroid dienone is 1. The highest BCUT2D eigenvalue weighted by Gasteiger charge is 2.36. The molecular formula is C24H23NO6. The topological polar surface area (TPSA) is 82.1 Å². The van der Waals surface area contributed by atoms with E-state index in [0.29, 0.717) is 23.4 Å². The molecule has 2 aromatic carbocycles. The Balaban J connectivity index is 1.95. The molecule has 0 radical (unpaired) electrons. The first kappa shape index (κ1) is 21.8. The molecule has 2 aromatic rings. The summed E-state index contributed by atoms with van der Waals surface area (Å²) in [5.41, 5.74) is 2.92. The van der Waals surface area contributed by atoms with Crippen LogP contribution < -0.4 is 4.74 Å². The molecule has 160 valence electrons. The Bertz CT molecular complexity index is 1060. The van der Waals surface area contributed by atoms with Crippen molar-refractivity contribution in [3.05, 3.63) is 82.1 Å². The molecule has 0 bridgehead atoms. The fraction of sp³-hybridized carbons (Fsp3) is 0.208. The van der Waals surface area contributed by atoms with Gasteiger partial charge in [0.2, 0.25) is 0 Å². The summed E-state index contributed by atoms with van der Waals surface area (Å²) in [5, 5.41) is 0. The summed E-state index contributed by atoms with van der Waals surface area (Å²) in [4.78, 5) is 38.8. The fourth-order valence-corrected chi connectivity index (χ4v) is 3.33. The highest BCUT2D eigenvalue weighted by Crippen LogP contribution is 2.33. The van der Waals surface area contributed by atoms with Crippen LogP contribution in [0.15, 0.2) is 65.4 Å². The van der Waals surface area contributed by atoms with Crippen molar-refractivity contribution in [2.75, 3.05) is 21.3 Å². The van der Waals surface area contributed by atoms with Crippen molar-refractivity contribution in [2.45, 2.75) is 13.5 Å². The summed E-state index contributed by atoms with van der Waals surface area (Å²) in [5.74, 6) is -0.617. The molecule has 1 heterocycles. The molecule has 3 rings (SSSR count). The van der Waals surface area contributed by atoms with Crippen molar-refractivity contribution in [1.29, 1.82) is 0 Å². The van der Waals surface area contributed by atoms with Gasteiger partial charge < -0.3 is 19.1 Å². The van der Waals surface area contributed by atoms with Gasteiger partial charge in [0.15, 0.2) is 0 Å². The third-order valence-corrected chi connectivity index (χ3v) is 5.04. The van der Waals surface area contributed by atoms with E-state index < -0.39 is 11.9 Å². The Morgan fingerprint density at radius 3 is 2.06 bits per heavy atom. The zero-order valence-corrected chi connectivity index (χ0v) is 17.8. The largest absolute Gasteiger partial charge is 0.497 e. The molecule has 0 aromatic heterocycles. The van der Waals surface area contributed by atoms with Gasteiger partial charge in [-0.3, -0.25) is 4.79 Å². The predicted octanol–water partition coefficient (Wildman–Crippen LogP) is 3.35. The van der Waals surface area contributed by atoms with Gasteiger partial charge in [-0.15, -0.1) is 0 Å². The van der Waals surface area contributed by atoms with Gasteiger partial charge in [0.25, 0.3) is 5.91 Å². The molecule has 1 amide bonds. The summed E-state index contributed by atoms with van der Waals surface area (Å²) in [6.07, 6.45) is 1.62. The average molecular weight is 421 g/mol. The minimum absolute atomic E-state index is 0.220. The zero-order chi connectivity index (χ0) is 22.5. The second kappa shape index (κ2) is 9.30. The third-order valence-electron chi connectivity index (χ3n) is 5.04. The number of esters is 2. The van der Waals surface area contributed by atoms with E-state index in [0.717, 1.165) is 11.3 Å². The van der Waals surface area contributed by atoms with Gasteiger partial charge in [-0.2, -0.15) is 0 Å². The minimum Gasteiger partial charge on any atom is -0.497 e. The van der Waals surface area contributed by atoms with Crippen LogP contribution in [0.4, 0.5) is 0 Å². The molecule has 0 fully saturated rings. The van der Waals surface area contributed by atoms with E-state index in [1.165, 1.54) is 14.2 Å². The lowest BCUT2D eigenvalue weighted by molar-refractivity contribution is -0.136. The van der Waals surface area contributed by atoms with Gasteiger partial charge in [-0.25, -0.2) is 9.59 Å². The van der Waals surface area contributed by atoms with Gasteiger partial charge >= 0.3 is 11.9 Å². The second-order valence-corrected chi connectivity index (χ2v) is 6.86. The van der Waals surface area contributed by atoms with Crippen LogP contribution in [0.5, 0.6) is 5.75 Å². The fourth-order valence-electron chi connectivity index (χ4n) is 3.33. The number of hydrogen-bond acceptors (Lipinski definition) is 6. The molecule has 31 heavy (non-hydrogen) atoms. The van der Waals surface area contributed by atoms with Crippen LogP contribution in [-0.4, -0.2) is 44.1 Å². The van der Waals surface area contributed by atoms with Crippen LogP contribution in [0.2, 0.25) is 0 Å². The minimum atomic E-state index is -0.583. The number of nitrogens with zero attached hydrogens (tertiary/aromatic N) is 1. The first-order chi connectivity index (χ1) is 14.9. The van der Waals surface area contributed by atoms with Gasteiger partial charge in [0.05, 0.1) is 44.6 Å². The van der Waals surface area contributed by atoms with Crippen molar-refractivity contribution < 1.29 is 28.6 Å². The van der Waals surface area contributed by atoms with Crippen molar-refractivity contribution >= 4 is 23.9 Å². The molecule has 0 saturated heterocycles. The number of methoxy groups -OCH3 is 3. The summed E-state index contributed by atoms with van der Waals surface area (Å²) >= 11 is 0. The smallest absolute Gasteiger partial charge is 0.340 e. The number of carbonyl (C=O) groups is 3. The predicted molar refractivity (Wildman–Crippen MR) is 114 cm³/mol. The Labute approximate surface area is 180 Å². The van der Waals surface area contributed by atoms with Crippen LogP contribution in [0.1, 0.15) is 28.4 Å². The van der Waals surface area contributed by atoms with E-state index in [1.54, 1.807) is 49.3 Å². The van der Waals surface area contributed by atoms with Crippen molar-refractivity contribution in [1.82, 2.24) is 4.90 Å². The average Bonchev–Trinajstić information content (AvgIpc) is 3.03. The number of carbonyl (C=O) groups excluding carboxylic acids is 3. The second-order valence-electron chi connectivity index (χ2n) is 6.86. The van der Waals surface area contributed by atoms with E-state index in [9.17, 15) is 14.4 Å². The van der Waals surface area contributed by atoms with Crippen molar-refractivity contribution in [3.63, 3.8) is 0 Å². The molecular weight excluding hydrogens is 398 g/mol. The molecule has 0 atom stereocenters. The first-order valence-corrected chi connectivity index (χ1v) is 9.54. The summed E-state index contributed by atoms with van der Waals surface area (Å²) in [6, 6.07) is 13.9. The molecule has 1 aliphatic rings. The first-order valence-electron chi connectivity index (χ1n) is 9.54. The molecule has 0 unspecified atom stereocenters. The van der Waals surface area contributed by atoms with E-state index >= 15 is 0 Å². The zero-order valence-electron chi connectivity index (χ0n) is 17.8. The number of rotatable bonds is 6. The summed E-state index contributed by atoms with van der Waals surface area (Å²) in [7, 11) is 4.17. The lowest BCUT2D eigenvalue weighted by atomic mass is 10.0. The Morgan fingerprint density at radius 2 is 1.52 bits per heavy atom. The SMILES string of the molecule is COC(=O)C1=C(C)N(Cc2ccc(OC)cc2)C(=O)/C1=C\c1ccc(C(=O)OC)cc1. The lowest BCUT2D eigenvalue weighted by Crippen LogP contribution is -2.24. The summed E-state index contributed by atoms with van der Waals surface area (Å²) < 4.78 is 14.8. The highest BCUT2D eigenvalue weighted by molar-refractivity contribution is 6.16. The molecule has 0 saturated carbocycles. The number of amides is 1. The quantitative estimate of drug-likeness (QED) is 0.526. The van der Waals surface area contributed by atoms with Crippen molar-refractivity contribution in [3.8, 4) is 5.75 Å². The van der Waals surface area contributed by atoms with E-state index in [1.807, 2.05) is 24.3 Å². The highest BCUT2D eigenvalue weighted by atomic mass is 16.5. The van der Waals surface area contributed by atoms with E-state index in [4.69, 9.17) is 14.2 Å². The Morgan fingerprint density at radius 1 is 0.903 bits per heavy atom. The molecule has 7 heteroatoms. The normalized spacial score (nSPS) is 14.8. The van der Waals surface area contributed by atoms with E-state index in [2.05, 4.69) is 0 Å². The van der Waals surface area contributed by atoms with Crippen LogP contribution in [0.25, 0.3) is 6.08 Å². The number of hydrogen-bond donors (Lipinski definition) is 0. The number of ether oxygens (including phenoxy) is 3. The van der Waals surface area contributed by atoms with Crippen molar-refractivity contribution in [2.24, 2.45) is 0 Å². The maximum absolute atomic E-state index is 13.2. The molecule has 0 aliphatic carbocycles. The molecule has 0 spiro atoms. The van der Waals surface area contributed by atoms with E-state index in [-0.39, 0.29) is 17.1 Å². The van der Waals surface area contributed by atoms with Gasteiger partial charge in [-0.05, 0) is 48.4 Å². The Kier molecular flexibility index (Phi) is 6.55. The van der Waals surface area contributed by atoms with Crippen LogP contribution >= 0.6 is 0 Å². The molecule has 1 aliphatic heterocycles. The van der Waals surface area contributed by atoms with Crippen LogP contribution in [0.3, 0.4) is 0 Å². The van der Waals surface area contributed by atoms with Crippen LogP contribution in [0, 0.1) is 0 Å². The van der Waals surface area contributed by atoms with Gasteiger partial charge in [0.1, 0.15) is 5.75 Å². The molecule has 7 nitrogen and oxygen atoms in total. The third kappa shape index (κ3) is 4.50. The maximum atomic E-state index is 13.2. The monoisotopic (exact) mass is 421 g/mol. The van der Waals surface area contributed by atoms with Gasteiger partial charge in [0, 0.05) is 5.70 Å². The number of benzene rings is 2. The van der Waals surface area contributed by atoms with Gasteiger partial charge in [-0.1, -0.05) is 24.3 Å². The standard InChI is InChI=1S/C24H23NO6/c1-15-21(24(28)31-4)20(13-16-5-9-18(10-6-16)23(27)30-3)22(26)25(15)14-17-7-11-19(29-2)12-8-17/h5-13H,14H2,1-4H3/b20-13-. The lowest BCUT2D eigenvalue weighted by Gasteiger charge is -2.18. The Hall–Kier alpha value is -3.87. The van der Waals surface area contributed by atoms with Crippen LogP contribution in [-0.2, 0) is 25.6 Å².